The second-order valence-corrected chi connectivity index (χ2v) is 6.27. The van der Waals surface area contributed by atoms with Gasteiger partial charge in [-0.15, -0.1) is 24.8 Å². The molecule has 0 aromatic rings. The van der Waals surface area contributed by atoms with E-state index in [1.54, 1.807) is 0 Å². The Morgan fingerprint density at radius 2 is 1.80 bits per heavy atom. The molecule has 0 radical (unpaired) electrons. The number of carbonyl (C=O) groups excluding carboxylic acids is 1. The van der Waals surface area contributed by atoms with Gasteiger partial charge in [0, 0.05) is 32.2 Å². The summed E-state index contributed by atoms with van der Waals surface area (Å²) in [6, 6.07) is 0.624. The second kappa shape index (κ2) is 7.30. The second-order valence-electron chi connectivity index (χ2n) is 6.27. The van der Waals surface area contributed by atoms with E-state index in [1.165, 1.54) is 32.2 Å². The highest BCUT2D eigenvalue weighted by molar-refractivity contribution is 5.85. The molecule has 0 aromatic carbocycles. The van der Waals surface area contributed by atoms with Crippen LogP contribution in [0.3, 0.4) is 0 Å². The van der Waals surface area contributed by atoms with Crippen LogP contribution in [-0.4, -0.2) is 54.5 Å². The Morgan fingerprint density at radius 3 is 2.45 bits per heavy atom. The predicted molar refractivity (Wildman–Crippen MR) is 85.6 cm³/mol. The van der Waals surface area contributed by atoms with Gasteiger partial charge in [0.05, 0.1) is 5.41 Å². The van der Waals surface area contributed by atoms with Gasteiger partial charge in [-0.2, -0.15) is 0 Å². The van der Waals surface area contributed by atoms with Crippen LogP contribution >= 0.6 is 24.8 Å². The molecule has 0 aromatic heterocycles. The molecule has 1 saturated carbocycles. The molecule has 1 atom stereocenters. The fourth-order valence-corrected chi connectivity index (χ4v) is 4.07. The Kier molecular flexibility index (Phi) is 6.58. The number of rotatable bonds is 2. The standard InChI is InChI=1S/C14H25N3O.2ClH/c15-11-14(5-1-2-6-14)13(18)17-9-8-16-7-3-4-12(16)10-17;;/h12H,1-11,15H2;2*1H. The van der Waals surface area contributed by atoms with Crippen LogP contribution in [0.15, 0.2) is 0 Å². The Balaban J connectivity index is 0.000001000. The SMILES string of the molecule is Cl.Cl.NCC1(C(=O)N2CCN3CCCC3C2)CCCC1. The van der Waals surface area contributed by atoms with Gasteiger partial charge in [-0.1, -0.05) is 12.8 Å². The minimum absolute atomic E-state index is 0. The topological polar surface area (TPSA) is 49.6 Å². The van der Waals surface area contributed by atoms with Crippen molar-refractivity contribution in [2.45, 2.75) is 44.6 Å². The highest BCUT2D eigenvalue weighted by atomic mass is 35.5. The predicted octanol–water partition coefficient (Wildman–Crippen LogP) is 1.66. The van der Waals surface area contributed by atoms with Crippen molar-refractivity contribution in [2.75, 3.05) is 32.7 Å². The first-order valence-corrected chi connectivity index (χ1v) is 7.49. The number of nitrogens with two attached hydrogens (primary N) is 1. The molecule has 2 heterocycles. The maximum absolute atomic E-state index is 12.8. The van der Waals surface area contributed by atoms with E-state index in [4.69, 9.17) is 5.73 Å². The van der Waals surface area contributed by atoms with Crippen LogP contribution in [0, 0.1) is 5.41 Å². The molecule has 3 aliphatic rings. The van der Waals surface area contributed by atoms with Crippen LogP contribution in [0.5, 0.6) is 0 Å². The van der Waals surface area contributed by atoms with Crippen molar-refractivity contribution in [3.63, 3.8) is 0 Å². The molecule has 118 valence electrons. The Labute approximate surface area is 134 Å². The third-order valence-corrected chi connectivity index (χ3v) is 5.28. The van der Waals surface area contributed by atoms with Crippen molar-refractivity contribution in [2.24, 2.45) is 11.1 Å². The lowest BCUT2D eigenvalue weighted by molar-refractivity contribution is -0.144. The average molecular weight is 324 g/mol. The monoisotopic (exact) mass is 323 g/mol. The molecule has 2 N–H and O–H groups in total. The Morgan fingerprint density at radius 1 is 1.10 bits per heavy atom. The summed E-state index contributed by atoms with van der Waals surface area (Å²) in [6.07, 6.45) is 6.92. The number of amides is 1. The molecule has 2 aliphatic heterocycles. The van der Waals surface area contributed by atoms with Crippen LogP contribution in [0.1, 0.15) is 38.5 Å². The van der Waals surface area contributed by atoms with E-state index < -0.39 is 0 Å². The average Bonchev–Trinajstić information content (AvgIpc) is 3.06. The number of hydrogen-bond donors (Lipinski definition) is 1. The van der Waals surface area contributed by atoms with E-state index in [-0.39, 0.29) is 30.2 Å². The zero-order chi connectivity index (χ0) is 12.6. The van der Waals surface area contributed by atoms with E-state index in [2.05, 4.69) is 9.80 Å². The van der Waals surface area contributed by atoms with E-state index in [9.17, 15) is 4.79 Å². The van der Waals surface area contributed by atoms with Crippen molar-refractivity contribution in [3.8, 4) is 0 Å². The summed E-state index contributed by atoms with van der Waals surface area (Å²) in [5, 5.41) is 0. The number of fused-ring (bicyclic) bond motifs is 1. The van der Waals surface area contributed by atoms with Gasteiger partial charge >= 0.3 is 0 Å². The lowest BCUT2D eigenvalue weighted by Crippen LogP contribution is -2.56. The molecule has 1 aliphatic carbocycles. The van der Waals surface area contributed by atoms with Crippen LogP contribution < -0.4 is 5.73 Å². The first kappa shape index (κ1) is 18.0. The van der Waals surface area contributed by atoms with Gasteiger partial charge in [0.1, 0.15) is 0 Å². The summed E-state index contributed by atoms with van der Waals surface area (Å²) in [4.78, 5) is 17.4. The number of halogens is 2. The molecule has 20 heavy (non-hydrogen) atoms. The number of nitrogens with zero attached hydrogens (tertiary/aromatic N) is 2. The van der Waals surface area contributed by atoms with Gasteiger partial charge in [-0.25, -0.2) is 0 Å². The Bertz CT molecular complexity index is 334. The summed E-state index contributed by atoms with van der Waals surface area (Å²) in [5.41, 5.74) is 5.72. The highest BCUT2D eigenvalue weighted by Gasteiger charge is 2.44. The zero-order valence-corrected chi connectivity index (χ0v) is 13.7. The third kappa shape index (κ3) is 3.08. The van der Waals surface area contributed by atoms with Crippen molar-refractivity contribution in [1.82, 2.24) is 9.80 Å². The molecule has 3 fully saturated rings. The maximum Gasteiger partial charge on any atom is 0.230 e. The maximum atomic E-state index is 12.8. The van der Waals surface area contributed by atoms with E-state index in [0.717, 1.165) is 32.5 Å². The molecular formula is C14H27Cl2N3O. The van der Waals surface area contributed by atoms with Crippen molar-refractivity contribution >= 4 is 30.7 Å². The molecular weight excluding hydrogens is 297 g/mol. The van der Waals surface area contributed by atoms with Gasteiger partial charge in [0.2, 0.25) is 5.91 Å². The highest BCUT2D eigenvalue weighted by Crippen LogP contribution is 2.39. The fourth-order valence-electron chi connectivity index (χ4n) is 4.07. The van der Waals surface area contributed by atoms with Crippen molar-refractivity contribution < 1.29 is 4.79 Å². The van der Waals surface area contributed by atoms with Gasteiger partial charge in [-0.3, -0.25) is 9.69 Å². The van der Waals surface area contributed by atoms with Crippen LogP contribution in [0.2, 0.25) is 0 Å². The summed E-state index contributed by atoms with van der Waals surface area (Å²) >= 11 is 0. The lowest BCUT2D eigenvalue weighted by Gasteiger charge is -2.41. The number of piperazine rings is 1. The zero-order valence-electron chi connectivity index (χ0n) is 12.1. The quantitative estimate of drug-likeness (QED) is 0.840. The van der Waals surface area contributed by atoms with E-state index >= 15 is 0 Å². The summed E-state index contributed by atoms with van der Waals surface area (Å²) in [7, 11) is 0. The minimum atomic E-state index is -0.208. The first-order valence-electron chi connectivity index (χ1n) is 7.49. The van der Waals surface area contributed by atoms with Crippen molar-refractivity contribution in [3.05, 3.63) is 0 Å². The molecule has 1 amide bonds. The molecule has 0 bridgehead atoms. The summed E-state index contributed by atoms with van der Waals surface area (Å²) in [5.74, 6) is 0.356. The van der Waals surface area contributed by atoms with Crippen LogP contribution in [-0.2, 0) is 4.79 Å². The number of carbonyl (C=O) groups is 1. The molecule has 3 rings (SSSR count). The fraction of sp³-hybridized carbons (Fsp3) is 0.929. The minimum Gasteiger partial charge on any atom is -0.339 e. The molecule has 6 heteroatoms. The molecule has 1 unspecified atom stereocenters. The number of hydrogen-bond acceptors (Lipinski definition) is 3. The van der Waals surface area contributed by atoms with Gasteiger partial charge in [0.25, 0.3) is 0 Å². The van der Waals surface area contributed by atoms with Gasteiger partial charge in [0.15, 0.2) is 0 Å². The van der Waals surface area contributed by atoms with Crippen LogP contribution in [0.25, 0.3) is 0 Å². The van der Waals surface area contributed by atoms with E-state index in [0.29, 0.717) is 18.5 Å². The first-order chi connectivity index (χ1) is 8.75. The molecule has 2 saturated heterocycles. The van der Waals surface area contributed by atoms with Crippen molar-refractivity contribution in [1.29, 1.82) is 0 Å². The van der Waals surface area contributed by atoms with Gasteiger partial charge in [-0.05, 0) is 32.2 Å². The summed E-state index contributed by atoms with van der Waals surface area (Å²) in [6.45, 7) is 4.69. The van der Waals surface area contributed by atoms with Crippen LogP contribution in [0.4, 0.5) is 0 Å². The largest absolute Gasteiger partial charge is 0.339 e. The normalized spacial score (nSPS) is 28.4. The van der Waals surface area contributed by atoms with Gasteiger partial charge < -0.3 is 10.6 Å². The van der Waals surface area contributed by atoms with E-state index in [1.807, 2.05) is 0 Å². The smallest absolute Gasteiger partial charge is 0.230 e. The third-order valence-electron chi connectivity index (χ3n) is 5.28. The lowest BCUT2D eigenvalue weighted by atomic mass is 9.84. The summed E-state index contributed by atoms with van der Waals surface area (Å²) < 4.78 is 0. The molecule has 4 nitrogen and oxygen atoms in total. The Hall–Kier alpha value is -0.0300. The molecule has 0 spiro atoms.